The minimum absolute atomic E-state index is 0.230. The third kappa shape index (κ3) is 5.00. The summed E-state index contributed by atoms with van der Waals surface area (Å²) in [6.07, 6.45) is 3.46. The Kier molecular flexibility index (Phi) is 7.18. The molecular formula is C14H27BN2O4. The van der Waals surface area contributed by atoms with Gasteiger partial charge in [0.05, 0.1) is 0 Å². The van der Waals surface area contributed by atoms with Crippen LogP contribution in [0.15, 0.2) is 0 Å². The normalized spacial score (nSPS) is 21.5. The van der Waals surface area contributed by atoms with Gasteiger partial charge in [-0.2, -0.15) is 0 Å². The average Bonchev–Trinajstić information content (AvgIpc) is 2.85. The standard InChI is InChI=1S/C14H27BN2O4/c1-6-7-8-9-10-15-20-11(13(18)16(2)3)12(21-15)14(19)17(4)5/h11-12H,6-10H2,1-5H3/t11-,12-/m0/s1. The van der Waals surface area contributed by atoms with Gasteiger partial charge in [-0.15, -0.1) is 0 Å². The van der Waals surface area contributed by atoms with E-state index in [-0.39, 0.29) is 11.8 Å². The number of nitrogens with zero attached hydrogens (tertiary/aromatic N) is 2. The summed E-state index contributed by atoms with van der Waals surface area (Å²) < 4.78 is 11.4. The maximum Gasteiger partial charge on any atom is 0.458 e. The Hall–Kier alpha value is -1.08. The van der Waals surface area contributed by atoms with Crippen molar-refractivity contribution in [1.82, 2.24) is 9.80 Å². The van der Waals surface area contributed by atoms with Crippen molar-refractivity contribution in [2.24, 2.45) is 0 Å². The molecule has 1 saturated heterocycles. The number of carbonyl (C=O) groups excluding carboxylic acids is 2. The number of amides is 2. The van der Waals surface area contributed by atoms with Crippen molar-refractivity contribution in [3.05, 3.63) is 0 Å². The zero-order valence-corrected chi connectivity index (χ0v) is 13.8. The number of likely N-dealkylation sites (N-methyl/N-ethyl adjacent to an activating group) is 2. The first kappa shape index (κ1) is 18.0. The smallest absolute Gasteiger partial charge is 0.397 e. The Labute approximate surface area is 127 Å². The van der Waals surface area contributed by atoms with Gasteiger partial charge in [0.25, 0.3) is 11.8 Å². The number of unbranched alkanes of at least 4 members (excludes halogenated alkanes) is 3. The summed E-state index contributed by atoms with van der Waals surface area (Å²) in [5.74, 6) is -0.461. The first-order valence-corrected chi connectivity index (χ1v) is 7.61. The zero-order valence-electron chi connectivity index (χ0n) is 13.8. The van der Waals surface area contributed by atoms with Crippen LogP contribution in [0.25, 0.3) is 0 Å². The number of rotatable bonds is 7. The molecule has 0 N–H and O–H groups in total. The molecule has 120 valence electrons. The summed E-state index contributed by atoms with van der Waals surface area (Å²) in [4.78, 5) is 27.2. The fourth-order valence-electron chi connectivity index (χ4n) is 2.26. The van der Waals surface area contributed by atoms with Crippen molar-refractivity contribution in [2.45, 2.75) is 51.1 Å². The lowest BCUT2D eigenvalue weighted by Crippen LogP contribution is -2.47. The van der Waals surface area contributed by atoms with Crippen LogP contribution >= 0.6 is 0 Å². The van der Waals surface area contributed by atoms with Gasteiger partial charge in [0.2, 0.25) is 0 Å². The van der Waals surface area contributed by atoms with Gasteiger partial charge < -0.3 is 19.1 Å². The van der Waals surface area contributed by atoms with E-state index in [0.29, 0.717) is 6.32 Å². The van der Waals surface area contributed by atoms with Crippen molar-refractivity contribution in [1.29, 1.82) is 0 Å². The molecule has 2 atom stereocenters. The third-order valence-electron chi connectivity index (χ3n) is 3.53. The van der Waals surface area contributed by atoms with E-state index >= 15 is 0 Å². The monoisotopic (exact) mass is 298 g/mol. The summed E-state index contributed by atoms with van der Waals surface area (Å²) in [7, 11) is 6.13. The van der Waals surface area contributed by atoms with Gasteiger partial charge in [-0.05, 0) is 6.32 Å². The molecule has 1 aliphatic heterocycles. The molecule has 1 aliphatic rings. The Morgan fingerprint density at radius 1 is 0.905 bits per heavy atom. The van der Waals surface area contributed by atoms with E-state index in [1.54, 1.807) is 28.2 Å². The van der Waals surface area contributed by atoms with Crippen molar-refractivity contribution < 1.29 is 18.9 Å². The highest BCUT2D eigenvalue weighted by atomic mass is 16.7. The Morgan fingerprint density at radius 2 is 1.38 bits per heavy atom. The molecule has 0 saturated carbocycles. The first-order chi connectivity index (χ1) is 9.88. The van der Waals surface area contributed by atoms with Crippen LogP contribution in [-0.4, -0.2) is 69.1 Å². The van der Waals surface area contributed by atoms with Gasteiger partial charge in [-0.3, -0.25) is 9.59 Å². The third-order valence-corrected chi connectivity index (χ3v) is 3.53. The molecule has 0 radical (unpaired) electrons. The lowest BCUT2D eigenvalue weighted by atomic mass is 9.82. The van der Waals surface area contributed by atoms with Crippen LogP contribution in [0, 0.1) is 0 Å². The zero-order chi connectivity index (χ0) is 16.0. The van der Waals surface area contributed by atoms with Gasteiger partial charge in [0, 0.05) is 28.2 Å². The van der Waals surface area contributed by atoms with Gasteiger partial charge >= 0.3 is 7.12 Å². The van der Waals surface area contributed by atoms with Crippen LogP contribution in [0.1, 0.15) is 32.6 Å². The lowest BCUT2D eigenvalue weighted by Gasteiger charge is -2.22. The molecule has 6 nitrogen and oxygen atoms in total. The lowest BCUT2D eigenvalue weighted by molar-refractivity contribution is -0.146. The molecule has 0 aromatic heterocycles. The largest absolute Gasteiger partial charge is 0.458 e. The summed E-state index contributed by atoms with van der Waals surface area (Å²) in [5, 5.41) is 0. The fraction of sp³-hybridized carbons (Fsp3) is 0.857. The topological polar surface area (TPSA) is 59.1 Å². The first-order valence-electron chi connectivity index (χ1n) is 7.61. The van der Waals surface area contributed by atoms with Crippen molar-refractivity contribution in [2.75, 3.05) is 28.2 Å². The highest BCUT2D eigenvalue weighted by Gasteiger charge is 2.47. The molecule has 0 unspecified atom stereocenters. The molecule has 0 aromatic carbocycles. The second-order valence-electron chi connectivity index (χ2n) is 5.86. The maximum atomic E-state index is 12.2. The predicted octanol–water partition coefficient (Wildman–Crippen LogP) is 1.02. The SMILES string of the molecule is CCCCCCB1O[C@H](C(=O)N(C)C)[C@@H](C(=O)N(C)C)O1. The van der Waals surface area contributed by atoms with E-state index in [2.05, 4.69) is 6.92 Å². The van der Waals surface area contributed by atoms with Crippen molar-refractivity contribution >= 4 is 18.9 Å². The van der Waals surface area contributed by atoms with Crippen LogP contribution < -0.4 is 0 Å². The second kappa shape index (κ2) is 8.39. The van der Waals surface area contributed by atoms with Gasteiger partial charge in [0.1, 0.15) is 0 Å². The fourth-order valence-corrected chi connectivity index (χ4v) is 2.26. The quantitative estimate of drug-likeness (QED) is 0.520. The molecular weight excluding hydrogens is 271 g/mol. The molecule has 0 bridgehead atoms. The van der Waals surface area contributed by atoms with Crippen molar-refractivity contribution in [3.63, 3.8) is 0 Å². The molecule has 7 heteroatoms. The van der Waals surface area contributed by atoms with Gasteiger partial charge in [-0.1, -0.05) is 32.6 Å². The van der Waals surface area contributed by atoms with E-state index in [1.807, 2.05) is 0 Å². The van der Waals surface area contributed by atoms with Gasteiger partial charge in [0.15, 0.2) is 12.2 Å². The summed E-state index contributed by atoms with van der Waals surface area (Å²) >= 11 is 0. The van der Waals surface area contributed by atoms with E-state index in [0.717, 1.165) is 19.3 Å². The summed E-state index contributed by atoms with van der Waals surface area (Å²) in [5.41, 5.74) is 0. The Morgan fingerprint density at radius 3 is 1.76 bits per heavy atom. The summed E-state index contributed by atoms with van der Waals surface area (Å²) in [6, 6.07) is 0. The molecule has 0 spiro atoms. The number of carbonyl (C=O) groups is 2. The minimum atomic E-state index is -0.842. The molecule has 2 amide bonds. The van der Waals surface area contributed by atoms with Crippen molar-refractivity contribution in [3.8, 4) is 0 Å². The van der Waals surface area contributed by atoms with E-state index in [9.17, 15) is 9.59 Å². The highest BCUT2D eigenvalue weighted by Crippen LogP contribution is 2.23. The van der Waals surface area contributed by atoms with Gasteiger partial charge in [-0.25, -0.2) is 0 Å². The van der Waals surface area contributed by atoms with Crippen LogP contribution in [0.2, 0.25) is 6.32 Å². The van der Waals surface area contributed by atoms with E-state index < -0.39 is 19.3 Å². The molecule has 0 aromatic rings. The number of hydrogen-bond acceptors (Lipinski definition) is 4. The van der Waals surface area contributed by atoms with Crippen LogP contribution in [-0.2, 0) is 18.9 Å². The van der Waals surface area contributed by atoms with E-state index in [4.69, 9.17) is 9.31 Å². The van der Waals surface area contributed by atoms with Crippen LogP contribution in [0.5, 0.6) is 0 Å². The predicted molar refractivity (Wildman–Crippen MR) is 81.8 cm³/mol. The highest BCUT2D eigenvalue weighted by molar-refractivity contribution is 6.46. The molecule has 1 rings (SSSR count). The Bertz CT molecular complexity index is 335. The second-order valence-corrected chi connectivity index (χ2v) is 5.86. The Balaban J connectivity index is 2.65. The molecule has 1 fully saturated rings. The molecule has 1 heterocycles. The van der Waals surface area contributed by atoms with Crippen LogP contribution in [0.4, 0.5) is 0 Å². The average molecular weight is 298 g/mol. The maximum absolute atomic E-state index is 12.2. The summed E-state index contributed by atoms with van der Waals surface area (Å²) in [6.45, 7) is 2.15. The molecule has 21 heavy (non-hydrogen) atoms. The minimum Gasteiger partial charge on any atom is -0.397 e. The van der Waals surface area contributed by atoms with Crippen LogP contribution in [0.3, 0.4) is 0 Å². The van der Waals surface area contributed by atoms with E-state index in [1.165, 1.54) is 16.2 Å². The number of hydrogen-bond donors (Lipinski definition) is 0. The molecule has 0 aliphatic carbocycles.